The topological polar surface area (TPSA) is 46.9 Å². The Bertz CT molecular complexity index is 939. The summed E-state index contributed by atoms with van der Waals surface area (Å²) in [6.45, 7) is 0.670. The molecule has 1 amide bonds. The molecule has 0 spiro atoms. The summed E-state index contributed by atoms with van der Waals surface area (Å²) in [6.07, 6.45) is 1.88. The van der Waals surface area contributed by atoms with Crippen LogP contribution in [-0.4, -0.2) is 28.0 Å². The summed E-state index contributed by atoms with van der Waals surface area (Å²) in [5.41, 5.74) is 2.14. The largest absolute Gasteiger partial charge is 0.355 e. The van der Waals surface area contributed by atoms with Gasteiger partial charge in [0.25, 0.3) is 0 Å². The number of hydrogen-bond donors (Lipinski definition) is 1. The first-order valence-corrected chi connectivity index (χ1v) is 11.0. The second kappa shape index (κ2) is 10.0. The number of benzene rings is 2. The van der Waals surface area contributed by atoms with Crippen molar-refractivity contribution >= 4 is 52.8 Å². The first-order chi connectivity index (χ1) is 13.1. The Balaban J connectivity index is 1.44. The predicted molar refractivity (Wildman–Crippen MR) is 116 cm³/mol. The zero-order valence-corrected chi connectivity index (χ0v) is 17.6. The second-order valence-corrected chi connectivity index (χ2v) is 9.03. The van der Waals surface area contributed by atoms with E-state index in [0.717, 1.165) is 22.9 Å². The third-order valence-electron chi connectivity index (χ3n) is 3.73. The predicted octanol–water partition coefficient (Wildman–Crippen LogP) is 5.16. The fraction of sp³-hybridized carbons (Fsp3) is 0.211. The summed E-state index contributed by atoms with van der Waals surface area (Å²) in [6, 6.07) is 17.6. The smallest absolute Gasteiger partial charge is 0.230 e. The van der Waals surface area contributed by atoms with Gasteiger partial charge in [-0.3, -0.25) is 4.79 Å². The molecule has 1 aromatic heterocycles. The van der Waals surface area contributed by atoms with Crippen LogP contribution in [0.4, 0.5) is 0 Å². The van der Waals surface area contributed by atoms with Crippen LogP contribution in [0.2, 0.25) is 5.02 Å². The molecule has 0 bridgehead atoms. The number of amides is 1. The van der Waals surface area contributed by atoms with Crippen molar-refractivity contribution in [1.29, 1.82) is 0 Å². The van der Waals surface area contributed by atoms with Crippen LogP contribution in [0.5, 0.6) is 0 Å². The fourth-order valence-corrected chi connectivity index (χ4v) is 4.73. The van der Waals surface area contributed by atoms with E-state index in [0.29, 0.717) is 21.3 Å². The number of aromatic nitrogens is 2. The quantitative estimate of drug-likeness (QED) is 0.301. The highest BCUT2D eigenvalue weighted by molar-refractivity contribution is 8.01. The lowest BCUT2D eigenvalue weighted by molar-refractivity contribution is -0.118. The van der Waals surface area contributed by atoms with Crippen molar-refractivity contribution in [3.05, 3.63) is 69.1 Å². The molecule has 0 atom stereocenters. The van der Waals surface area contributed by atoms with Gasteiger partial charge in [0, 0.05) is 11.6 Å². The van der Waals surface area contributed by atoms with E-state index >= 15 is 0 Å². The minimum absolute atomic E-state index is 0.00669. The molecule has 140 valence electrons. The van der Waals surface area contributed by atoms with Crippen LogP contribution >= 0.6 is 46.9 Å². The average molecular weight is 436 g/mol. The van der Waals surface area contributed by atoms with Gasteiger partial charge in [-0.1, -0.05) is 65.0 Å². The molecule has 2 aromatic carbocycles. The fourth-order valence-electron chi connectivity index (χ4n) is 2.41. The van der Waals surface area contributed by atoms with Gasteiger partial charge in [0.15, 0.2) is 8.29 Å². The summed E-state index contributed by atoms with van der Waals surface area (Å²) < 4.78 is 3.11. The molecule has 0 saturated heterocycles. The lowest BCUT2D eigenvalue weighted by atomic mass is 10.1. The van der Waals surface area contributed by atoms with Crippen molar-refractivity contribution < 1.29 is 4.79 Å². The van der Waals surface area contributed by atoms with E-state index in [1.807, 2.05) is 30.3 Å². The number of nitrogens with one attached hydrogen (secondary N) is 1. The van der Waals surface area contributed by atoms with E-state index in [9.17, 15) is 4.79 Å². The van der Waals surface area contributed by atoms with E-state index in [1.165, 1.54) is 28.7 Å². The summed E-state index contributed by atoms with van der Waals surface area (Å²) in [7, 11) is 0. The van der Waals surface area contributed by atoms with Crippen LogP contribution in [-0.2, 0) is 11.2 Å². The second-order valence-electron chi connectivity index (χ2n) is 5.75. The van der Waals surface area contributed by atoms with Crippen LogP contribution < -0.4 is 5.32 Å². The van der Waals surface area contributed by atoms with Crippen LogP contribution in [0.1, 0.15) is 12.0 Å². The van der Waals surface area contributed by atoms with Crippen molar-refractivity contribution in [3.63, 3.8) is 0 Å². The van der Waals surface area contributed by atoms with Gasteiger partial charge in [0.2, 0.25) is 5.91 Å². The monoisotopic (exact) mass is 435 g/mol. The molecular formula is C19H18ClN3OS3. The Hall–Kier alpha value is -1.67. The molecule has 0 aliphatic carbocycles. The van der Waals surface area contributed by atoms with E-state index < -0.39 is 0 Å². The lowest BCUT2D eigenvalue weighted by Crippen LogP contribution is -2.26. The van der Waals surface area contributed by atoms with Crippen LogP contribution in [0.25, 0.3) is 5.69 Å². The third-order valence-corrected chi connectivity index (χ3v) is 6.35. The van der Waals surface area contributed by atoms with Crippen molar-refractivity contribution in [1.82, 2.24) is 15.1 Å². The molecular weight excluding hydrogens is 418 g/mol. The minimum atomic E-state index is 0.00669. The summed E-state index contributed by atoms with van der Waals surface area (Å²) in [4.78, 5) is 12.0. The normalized spacial score (nSPS) is 10.7. The highest BCUT2D eigenvalue weighted by Gasteiger charge is 2.09. The Labute approximate surface area is 176 Å². The number of thioether (sulfide) groups is 1. The molecule has 27 heavy (non-hydrogen) atoms. The molecule has 8 heteroatoms. The maximum atomic E-state index is 12.0. The first-order valence-electron chi connectivity index (χ1n) is 8.41. The average Bonchev–Trinajstić information content (AvgIpc) is 3.06. The minimum Gasteiger partial charge on any atom is -0.355 e. The van der Waals surface area contributed by atoms with Gasteiger partial charge in [0.05, 0.1) is 11.4 Å². The zero-order chi connectivity index (χ0) is 19.1. The molecule has 0 saturated carbocycles. The number of halogens is 1. The maximum absolute atomic E-state index is 12.0. The molecule has 0 unspecified atom stereocenters. The Morgan fingerprint density at radius 2 is 1.93 bits per heavy atom. The van der Waals surface area contributed by atoms with E-state index in [-0.39, 0.29) is 5.91 Å². The summed E-state index contributed by atoms with van der Waals surface area (Å²) in [5.74, 6) is 0.334. The van der Waals surface area contributed by atoms with Gasteiger partial charge < -0.3 is 5.32 Å². The number of rotatable bonds is 8. The molecule has 4 nitrogen and oxygen atoms in total. The van der Waals surface area contributed by atoms with Gasteiger partial charge in [-0.05, 0) is 54.9 Å². The van der Waals surface area contributed by atoms with Crippen LogP contribution in [0, 0.1) is 3.95 Å². The molecule has 3 aromatic rings. The van der Waals surface area contributed by atoms with Gasteiger partial charge in [-0.25, -0.2) is 4.68 Å². The first kappa shape index (κ1) is 20.1. The van der Waals surface area contributed by atoms with Crippen LogP contribution in [0.15, 0.2) is 58.9 Å². The standard InChI is InChI=1S/C19H18ClN3OS3/c20-15-8-10-16(11-9-15)23-19(25)27-18(22-23)26-13-17(24)21-12-4-7-14-5-2-1-3-6-14/h1-3,5-6,8-11H,4,7,12-13H2,(H,21,24). The molecule has 0 radical (unpaired) electrons. The maximum Gasteiger partial charge on any atom is 0.230 e. The molecule has 0 fully saturated rings. The van der Waals surface area contributed by atoms with Gasteiger partial charge in [-0.2, -0.15) is 0 Å². The van der Waals surface area contributed by atoms with Gasteiger partial charge in [-0.15, -0.1) is 5.10 Å². The van der Waals surface area contributed by atoms with E-state index in [4.69, 9.17) is 23.8 Å². The summed E-state index contributed by atoms with van der Waals surface area (Å²) in [5, 5.41) is 8.11. The molecule has 1 N–H and O–H groups in total. The van der Waals surface area contributed by atoms with Gasteiger partial charge >= 0.3 is 0 Å². The van der Waals surface area contributed by atoms with E-state index in [2.05, 4.69) is 22.5 Å². The Morgan fingerprint density at radius 1 is 1.19 bits per heavy atom. The molecule has 3 rings (SSSR count). The number of hydrogen-bond acceptors (Lipinski definition) is 5. The molecule has 0 aliphatic rings. The highest BCUT2D eigenvalue weighted by atomic mass is 35.5. The lowest BCUT2D eigenvalue weighted by Gasteiger charge is -2.04. The van der Waals surface area contributed by atoms with Gasteiger partial charge in [0.1, 0.15) is 0 Å². The number of carbonyl (C=O) groups excluding carboxylic acids is 1. The van der Waals surface area contributed by atoms with Crippen molar-refractivity contribution in [3.8, 4) is 5.69 Å². The zero-order valence-electron chi connectivity index (χ0n) is 14.4. The molecule has 1 heterocycles. The van der Waals surface area contributed by atoms with E-state index in [1.54, 1.807) is 16.8 Å². The number of nitrogens with zero attached hydrogens (tertiary/aromatic N) is 2. The number of aryl methyl sites for hydroxylation is 1. The SMILES string of the molecule is O=C(CSc1nn(-c2ccc(Cl)cc2)c(=S)s1)NCCCc1ccccc1. The van der Waals surface area contributed by atoms with Crippen molar-refractivity contribution in [2.45, 2.75) is 17.2 Å². The third kappa shape index (κ3) is 6.17. The highest BCUT2D eigenvalue weighted by Crippen LogP contribution is 2.24. The Morgan fingerprint density at radius 3 is 2.67 bits per heavy atom. The Kier molecular flexibility index (Phi) is 7.46. The van der Waals surface area contributed by atoms with Crippen LogP contribution in [0.3, 0.4) is 0 Å². The molecule has 0 aliphatic heterocycles. The summed E-state index contributed by atoms with van der Waals surface area (Å²) >= 11 is 14.1. The number of carbonyl (C=O) groups is 1. The van der Waals surface area contributed by atoms with Crippen molar-refractivity contribution in [2.24, 2.45) is 0 Å². The van der Waals surface area contributed by atoms with Crippen molar-refractivity contribution in [2.75, 3.05) is 12.3 Å².